The standard InChI is InChI=1S/C17H18ClFN2O/c1-12(17(22)20-16-8-4-6-14(18)10-16)21(2)11-13-5-3-7-15(19)9-13/h3-10,12H,11H2,1-2H3,(H,20,22)/p+1/t12-/m0/s1. The fraction of sp³-hybridized carbons (Fsp3) is 0.235. The molecule has 0 bridgehead atoms. The van der Waals surface area contributed by atoms with Gasteiger partial charge in [0.05, 0.1) is 7.05 Å². The van der Waals surface area contributed by atoms with Crippen molar-refractivity contribution in [2.75, 3.05) is 12.4 Å². The van der Waals surface area contributed by atoms with Gasteiger partial charge in [-0.25, -0.2) is 4.39 Å². The minimum Gasteiger partial charge on any atom is -0.324 e. The predicted octanol–water partition coefficient (Wildman–Crippen LogP) is 2.52. The van der Waals surface area contributed by atoms with Gasteiger partial charge in [0.1, 0.15) is 12.4 Å². The Hall–Kier alpha value is -1.91. The van der Waals surface area contributed by atoms with E-state index >= 15 is 0 Å². The van der Waals surface area contributed by atoms with E-state index in [1.807, 2.05) is 20.0 Å². The molecule has 0 heterocycles. The summed E-state index contributed by atoms with van der Waals surface area (Å²) in [7, 11) is 1.91. The summed E-state index contributed by atoms with van der Waals surface area (Å²) in [5.41, 5.74) is 1.53. The van der Waals surface area contributed by atoms with E-state index in [2.05, 4.69) is 5.32 Å². The molecular formula is C17H19ClFN2O+. The Kier molecular flexibility index (Phi) is 5.52. The topological polar surface area (TPSA) is 33.5 Å². The summed E-state index contributed by atoms with van der Waals surface area (Å²) in [5.74, 6) is -0.363. The molecule has 0 saturated heterocycles. The molecule has 0 aliphatic heterocycles. The van der Waals surface area contributed by atoms with Crippen LogP contribution in [0.3, 0.4) is 0 Å². The number of hydrogen-bond acceptors (Lipinski definition) is 1. The highest BCUT2D eigenvalue weighted by Crippen LogP contribution is 2.14. The molecule has 3 nitrogen and oxygen atoms in total. The Morgan fingerprint density at radius 2 is 2.00 bits per heavy atom. The average Bonchev–Trinajstić information content (AvgIpc) is 2.46. The second-order valence-corrected chi connectivity index (χ2v) is 5.81. The van der Waals surface area contributed by atoms with Crippen molar-refractivity contribution in [3.05, 3.63) is 64.9 Å². The second kappa shape index (κ2) is 7.38. The van der Waals surface area contributed by atoms with Gasteiger partial charge in [0.2, 0.25) is 0 Å². The summed E-state index contributed by atoms with van der Waals surface area (Å²) >= 11 is 5.90. The summed E-state index contributed by atoms with van der Waals surface area (Å²) in [6.45, 7) is 2.41. The molecule has 116 valence electrons. The lowest BCUT2D eigenvalue weighted by Crippen LogP contribution is -3.12. The van der Waals surface area contributed by atoms with E-state index in [-0.39, 0.29) is 17.8 Å². The van der Waals surface area contributed by atoms with Gasteiger partial charge in [0.15, 0.2) is 6.04 Å². The van der Waals surface area contributed by atoms with Crippen molar-refractivity contribution in [3.63, 3.8) is 0 Å². The van der Waals surface area contributed by atoms with E-state index in [9.17, 15) is 9.18 Å². The monoisotopic (exact) mass is 321 g/mol. The fourth-order valence-corrected chi connectivity index (χ4v) is 2.35. The highest BCUT2D eigenvalue weighted by molar-refractivity contribution is 6.30. The Balaban J connectivity index is 1.97. The lowest BCUT2D eigenvalue weighted by Gasteiger charge is -2.21. The lowest BCUT2D eigenvalue weighted by molar-refractivity contribution is -0.907. The van der Waals surface area contributed by atoms with Gasteiger partial charge < -0.3 is 10.2 Å². The first kappa shape index (κ1) is 16.5. The van der Waals surface area contributed by atoms with Crippen LogP contribution in [0.15, 0.2) is 48.5 Å². The summed E-state index contributed by atoms with van der Waals surface area (Å²) < 4.78 is 13.2. The maximum Gasteiger partial charge on any atom is 0.282 e. The van der Waals surface area contributed by atoms with Crippen molar-refractivity contribution < 1.29 is 14.1 Å². The van der Waals surface area contributed by atoms with E-state index in [0.29, 0.717) is 17.3 Å². The molecule has 0 fully saturated rings. The van der Waals surface area contributed by atoms with E-state index in [0.717, 1.165) is 10.5 Å². The van der Waals surface area contributed by atoms with Crippen molar-refractivity contribution in [2.45, 2.75) is 19.5 Å². The number of halogens is 2. The van der Waals surface area contributed by atoms with Crippen LogP contribution in [0.4, 0.5) is 10.1 Å². The third-order valence-electron chi connectivity index (χ3n) is 3.60. The van der Waals surface area contributed by atoms with Gasteiger partial charge in [0.25, 0.3) is 5.91 Å². The zero-order valence-corrected chi connectivity index (χ0v) is 13.3. The zero-order chi connectivity index (χ0) is 16.1. The predicted molar refractivity (Wildman–Crippen MR) is 86.5 cm³/mol. The van der Waals surface area contributed by atoms with Gasteiger partial charge in [-0.05, 0) is 37.3 Å². The van der Waals surface area contributed by atoms with Gasteiger partial charge in [0, 0.05) is 16.3 Å². The largest absolute Gasteiger partial charge is 0.324 e. The molecule has 2 aromatic rings. The number of anilines is 1. The molecule has 0 aliphatic rings. The number of hydrogen-bond donors (Lipinski definition) is 2. The van der Waals surface area contributed by atoms with E-state index in [4.69, 9.17) is 11.6 Å². The highest BCUT2D eigenvalue weighted by atomic mass is 35.5. The van der Waals surface area contributed by atoms with Crippen molar-refractivity contribution in [2.24, 2.45) is 0 Å². The molecule has 2 aromatic carbocycles. The molecular weight excluding hydrogens is 303 g/mol. The van der Waals surface area contributed by atoms with Gasteiger partial charge in [-0.3, -0.25) is 4.79 Å². The minimum atomic E-state index is -0.276. The number of quaternary nitrogens is 1. The number of carbonyl (C=O) groups is 1. The molecule has 2 N–H and O–H groups in total. The first-order valence-electron chi connectivity index (χ1n) is 7.09. The van der Waals surface area contributed by atoms with Gasteiger partial charge in [-0.2, -0.15) is 0 Å². The molecule has 0 spiro atoms. The van der Waals surface area contributed by atoms with Crippen LogP contribution >= 0.6 is 11.6 Å². The van der Waals surface area contributed by atoms with E-state index < -0.39 is 0 Å². The Morgan fingerprint density at radius 1 is 1.27 bits per heavy atom. The van der Waals surface area contributed by atoms with Gasteiger partial charge in [-0.1, -0.05) is 29.8 Å². The van der Waals surface area contributed by atoms with Crippen LogP contribution in [-0.4, -0.2) is 19.0 Å². The molecule has 1 amide bonds. The molecule has 0 radical (unpaired) electrons. The number of carbonyl (C=O) groups excluding carboxylic acids is 1. The van der Waals surface area contributed by atoms with Crippen LogP contribution in [0.2, 0.25) is 5.02 Å². The molecule has 22 heavy (non-hydrogen) atoms. The third kappa shape index (κ3) is 4.55. The Bertz CT molecular complexity index is 663. The van der Waals surface area contributed by atoms with Crippen LogP contribution in [-0.2, 0) is 11.3 Å². The normalized spacial score (nSPS) is 13.5. The minimum absolute atomic E-state index is 0.101. The van der Waals surface area contributed by atoms with Crippen molar-refractivity contribution in [1.82, 2.24) is 0 Å². The molecule has 1 unspecified atom stereocenters. The summed E-state index contributed by atoms with van der Waals surface area (Å²) in [6.07, 6.45) is 0. The first-order chi connectivity index (χ1) is 10.5. The molecule has 0 aliphatic carbocycles. The number of amides is 1. The SMILES string of the molecule is C[C@@H](C(=O)Nc1cccc(Cl)c1)[NH+](C)Cc1cccc(F)c1. The van der Waals surface area contributed by atoms with Gasteiger partial charge >= 0.3 is 0 Å². The quantitative estimate of drug-likeness (QED) is 0.872. The summed E-state index contributed by atoms with van der Waals surface area (Å²) in [6, 6.07) is 13.2. The maximum atomic E-state index is 13.2. The molecule has 2 rings (SSSR count). The molecule has 0 aromatic heterocycles. The van der Waals surface area contributed by atoms with Crippen molar-refractivity contribution in [1.29, 1.82) is 0 Å². The summed E-state index contributed by atoms with van der Waals surface area (Å²) in [4.78, 5) is 13.3. The highest BCUT2D eigenvalue weighted by Gasteiger charge is 2.22. The first-order valence-corrected chi connectivity index (χ1v) is 7.46. The number of benzene rings is 2. The van der Waals surface area contributed by atoms with Crippen LogP contribution < -0.4 is 10.2 Å². The number of rotatable bonds is 5. The molecule has 2 atom stereocenters. The Labute approximate surface area is 134 Å². The Morgan fingerprint density at radius 3 is 2.68 bits per heavy atom. The van der Waals surface area contributed by atoms with Crippen LogP contribution in [0.25, 0.3) is 0 Å². The summed E-state index contributed by atoms with van der Waals surface area (Å²) in [5, 5.41) is 3.42. The third-order valence-corrected chi connectivity index (χ3v) is 3.83. The molecule has 5 heteroatoms. The number of likely N-dealkylation sites (N-methyl/N-ethyl adjacent to an activating group) is 1. The van der Waals surface area contributed by atoms with Crippen molar-refractivity contribution in [3.8, 4) is 0 Å². The van der Waals surface area contributed by atoms with Crippen LogP contribution in [0.5, 0.6) is 0 Å². The van der Waals surface area contributed by atoms with Gasteiger partial charge in [-0.15, -0.1) is 0 Å². The number of nitrogens with one attached hydrogen (secondary N) is 2. The smallest absolute Gasteiger partial charge is 0.282 e. The van der Waals surface area contributed by atoms with Crippen LogP contribution in [0.1, 0.15) is 12.5 Å². The average molecular weight is 322 g/mol. The van der Waals surface area contributed by atoms with E-state index in [1.165, 1.54) is 12.1 Å². The molecule has 0 saturated carbocycles. The second-order valence-electron chi connectivity index (χ2n) is 5.37. The van der Waals surface area contributed by atoms with E-state index in [1.54, 1.807) is 30.3 Å². The van der Waals surface area contributed by atoms with Crippen molar-refractivity contribution >= 4 is 23.2 Å². The zero-order valence-electron chi connectivity index (χ0n) is 12.6. The maximum absolute atomic E-state index is 13.2. The lowest BCUT2D eigenvalue weighted by atomic mass is 10.2. The fourth-order valence-electron chi connectivity index (χ4n) is 2.16. The van der Waals surface area contributed by atoms with Crippen LogP contribution in [0, 0.1) is 5.82 Å².